The van der Waals surface area contributed by atoms with E-state index >= 15 is 0 Å². The first kappa shape index (κ1) is 20.2. The van der Waals surface area contributed by atoms with E-state index in [1.165, 1.54) is 9.71 Å². The third-order valence-corrected chi connectivity index (χ3v) is 5.20. The Morgan fingerprint density at radius 3 is 2.61 bits per heavy atom. The molecule has 1 unspecified atom stereocenters. The maximum atomic E-state index is 12.0. The summed E-state index contributed by atoms with van der Waals surface area (Å²) >= 11 is 1.79. The fourth-order valence-corrected chi connectivity index (χ4v) is 3.98. The number of rotatable bonds is 3. The smallest absolute Gasteiger partial charge is 0.224 e. The minimum absolute atomic E-state index is 0. The van der Waals surface area contributed by atoms with Crippen molar-refractivity contribution in [1.29, 1.82) is 0 Å². The van der Waals surface area contributed by atoms with Gasteiger partial charge in [-0.1, -0.05) is 12.1 Å². The number of thiazole rings is 1. The lowest BCUT2D eigenvalue weighted by atomic mass is 9.97. The Hall–Kier alpha value is -0.880. The van der Waals surface area contributed by atoms with Crippen molar-refractivity contribution in [3.05, 3.63) is 29.3 Å². The summed E-state index contributed by atoms with van der Waals surface area (Å²) in [5.74, 6) is 0.675. The number of likely N-dealkylation sites (tertiary alicyclic amines) is 1. The molecular weight excluding hydrogens is 353 g/mol. The van der Waals surface area contributed by atoms with Gasteiger partial charge in [-0.2, -0.15) is 0 Å². The summed E-state index contributed by atoms with van der Waals surface area (Å²) in [6, 6.07) is 8.22. The largest absolute Gasteiger partial charge is 0.343 e. The molecule has 0 bridgehead atoms. The molecule has 0 saturated carbocycles. The number of para-hydroxylation sites is 1. The van der Waals surface area contributed by atoms with Crippen molar-refractivity contribution in [3.8, 4) is 0 Å². The highest BCUT2D eigenvalue weighted by Gasteiger charge is 2.26. The molecule has 3 rings (SSSR count). The first-order valence-electron chi connectivity index (χ1n) is 7.52. The van der Waals surface area contributed by atoms with Gasteiger partial charge in [-0.3, -0.25) is 4.79 Å². The van der Waals surface area contributed by atoms with Crippen LogP contribution in [-0.4, -0.2) is 34.9 Å². The van der Waals surface area contributed by atoms with E-state index in [-0.39, 0.29) is 36.8 Å². The molecule has 1 atom stereocenters. The van der Waals surface area contributed by atoms with Crippen LogP contribution in [0.2, 0.25) is 0 Å². The fraction of sp³-hybridized carbons (Fsp3) is 0.500. The Morgan fingerprint density at radius 2 is 2.00 bits per heavy atom. The number of benzene rings is 1. The normalized spacial score (nSPS) is 16.5. The highest BCUT2D eigenvalue weighted by Crippen LogP contribution is 2.33. The van der Waals surface area contributed by atoms with E-state index in [9.17, 15) is 4.79 Å². The molecule has 1 amide bonds. The lowest BCUT2D eigenvalue weighted by Gasteiger charge is -2.31. The van der Waals surface area contributed by atoms with Gasteiger partial charge in [-0.25, -0.2) is 4.98 Å². The predicted molar refractivity (Wildman–Crippen MR) is 101 cm³/mol. The topological polar surface area (TPSA) is 59.2 Å². The molecule has 1 fully saturated rings. The number of amides is 1. The van der Waals surface area contributed by atoms with Crippen molar-refractivity contribution in [1.82, 2.24) is 9.88 Å². The van der Waals surface area contributed by atoms with Gasteiger partial charge in [0, 0.05) is 31.5 Å². The van der Waals surface area contributed by atoms with E-state index in [1.807, 2.05) is 17.9 Å². The lowest BCUT2D eigenvalue weighted by Crippen LogP contribution is -2.40. The maximum Gasteiger partial charge on any atom is 0.224 e. The second kappa shape index (κ2) is 8.83. The molecule has 1 aromatic carbocycles. The number of carbonyl (C=O) groups is 1. The lowest BCUT2D eigenvalue weighted by molar-refractivity contribution is -0.132. The van der Waals surface area contributed by atoms with Crippen LogP contribution in [0.5, 0.6) is 0 Å². The zero-order valence-electron chi connectivity index (χ0n) is 13.1. The van der Waals surface area contributed by atoms with E-state index in [0.717, 1.165) is 31.4 Å². The Labute approximate surface area is 153 Å². The van der Waals surface area contributed by atoms with Gasteiger partial charge in [0.1, 0.15) is 0 Å². The predicted octanol–water partition coefficient (Wildman–Crippen LogP) is 3.58. The van der Waals surface area contributed by atoms with Crippen molar-refractivity contribution in [2.24, 2.45) is 5.73 Å². The summed E-state index contributed by atoms with van der Waals surface area (Å²) in [6.07, 6.45) is 2.46. The van der Waals surface area contributed by atoms with Gasteiger partial charge in [-0.15, -0.1) is 36.2 Å². The van der Waals surface area contributed by atoms with Crippen LogP contribution < -0.4 is 5.73 Å². The quantitative estimate of drug-likeness (QED) is 0.891. The van der Waals surface area contributed by atoms with Crippen LogP contribution in [0.3, 0.4) is 0 Å². The number of hydrogen-bond donors (Lipinski definition) is 1. The Balaban J connectivity index is 0.00000132. The SMILES string of the molecule is CC(N)CC(=O)N1CCC(c2nc3ccccc3s2)CC1.Cl.Cl. The van der Waals surface area contributed by atoms with Gasteiger partial charge in [-0.05, 0) is 31.9 Å². The molecule has 0 spiro atoms. The van der Waals surface area contributed by atoms with Gasteiger partial charge in [0.15, 0.2) is 0 Å². The number of nitrogens with zero attached hydrogens (tertiary/aromatic N) is 2. The number of nitrogens with two attached hydrogens (primary N) is 1. The first-order valence-corrected chi connectivity index (χ1v) is 8.34. The van der Waals surface area contributed by atoms with Crippen molar-refractivity contribution in [2.75, 3.05) is 13.1 Å². The van der Waals surface area contributed by atoms with Gasteiger partial charge in [0.05, 0.1) is 15.2 Å². The number of halogens is 2. The minimum atomic E-state index is -0.0560. The third kappa shape index (κ3) is 4.80. The molecule has 2 heterocycles. The minimum Gasteiger partial charge on any atom is -0.343 e. The van der Waals surface area contributed by atoms with E-state index in [0.29, 0.717) is 12.3 Å². The van der Waals surface area contributed by atoms with Crippen molar-refractivity contribution < 1.29 is 4.79 Å². The molecule has 1 aliphatic heterocycles. The summed E-state index contributed by atoms with van der Waals surface area (Å²) in [5, 5.41) is 1.22. The molecule has 2 aromatic rings. The molecule has 7 heteroatoms. The second-order valence-electron chi connectivity index (χ2n) is 5.86. The molecule has 0 radical (unpaired) electrons. The molecule has 2 N–H and O–H groups in total. The Morgan fingerprint density at radius 1 is 1.35 bits per heavy atom. The van der Waals surface area contributed by atoms with E-state index < -0.39 is 0 Å². The molecule has 4 nitrogen and oxygen atoms in total. The van der Waals surface area contributed by atoms with E-state index in [4.69, 9.17) is 10.7 Å². The highest BCUT2D eigenvalue weighted by molar-refractivity contribution is 7.18. The van der Waals surface area contributed by atoms with Crippen LogP contribution in [0.25, 0.3) is 10.2 Å². The number of carbonyl (C=O) groups excluding carboxylic acids is 1. The molecule has 1 aliphatic rings. The molecule has 23 heavy (non-hydrogen) atoms. The van der Waals surface area contributed by atoms with Crippen LogP contribution in [0.15, 0.2) is 24.3 Å². The average Bonchev–Trinajstić information content (AvgIpc) is 2.90. The maximum absolute atomic E-state index is 12.0. The number of hydrogen-bond acceptors (Lipinski definition) is 4. The zero-order chi connectivity index (χ0) is 14.8. The van der Waals surface area contributed by atoms with Crippen molar-refractivity contribution >= 4 is 52.3 Å². The van der Waals surface area contributed by atoms with Crippen molar-refractivity contribution in [3.63, 3.8) is 0 Å². The standard InChI is InChI=1S/C16H21N3OS.2ClH/c1-11(17)10-15(20)19-8-6-12(7-9-19)16-18-13-4-2-3-5-14(13)21-16;;/h2-5,11-12H,6-10,17H2,1H3;2*1H. The van der Waals surface area contributed by atoms with Crippen LogP contribution in [-0.2, 0) is 4.79 Å². The molecule has 1 aromatic heterocycles. The summed E-state index contributed by atoms with van der Waals surface area (Å²) < 4.78 is 1.25. The number of fused-ring (bicyclic) bond motifs is 1. The Bertz CT molecular complexity index is 606. The Kier molecular flexibility index (Phi) is 7.74. The number of aromatic nitrogens is 1. The zero-order valence-corrected chi connectivity index (χ0v) is 15.6. The fourth-order valence-electron chi connectivity index (χ4n) is 2.85. The third-order valence-electron chi connectivity index (χ3n) is 4.00. The molecule has 0 aliphatic carbocycles. The van der Waals surface area contributed by atoms with Crippen LogP contribution in [0.4, 0.5) is 0 Å². The molecule has 128 valence electrons. The first-order chi connectivity index (χ1) is 10.1. The van der Waals surface area contributed by atoms with Gasteiger partial charge < -0.3 is 10.6 Å². The summed E-state index contributed by atoms with van der Waals surface area (Å²) in [6.45, 7) is 3.53. The van der Waals surface area contributed by atoms with Gasteiger partial charge in [0.2, 0.25) is 5.91 Å². The van der Waals surface area contributed by atoms with Crippen LogP contribution in [0.1, 0.15) is 37.1 Å². The van der Waals surface area contributed by atoms with Crippen LogP contribution in [0, 0.1) is 0 Å². The number of piperidine rings is 1. The van der Waals surface area contributed by atoms with E-state index in [1.54, 1.807) is 11.3 Å². The molecule has 1 saturated heterocycles. The highest BCUT2D eigenvalue weighted by atomic mass is 35.5. The summed E-state index contributed by atoms with van der Waals surface area (Å²) in [4.78, 5) is 18.7. The van der Waals surface area contributed by atoms with Crippen LogP contribution >= 0.6 is 36.2 Å². The van der Waals surface area contributed by atoms with Gasteiger partial charge in [0.25, 0.3) is 0 Å². The van der Waals surface area contributed by atoms with Gasteiger partial charge >= 0.3 is 0 Å². The second-order valence-corrected chi connectivity index (χ2v) is 6.92. The monoisotopic (exact) mass is 375 g/mol. The average molecular weight is 376 g/mol. The van der Waals surface area contributed by atoms with Crippen molar-refractivity contribution in [2.45, 2.75) is 38.1 Å². The molecular formula is C16H23Cl2N3OS. The van der Waals surface area contributed by atoms with E-state index in [2.05, 4.69) is 18.2 Å². The summed E-state index contributed by atoms with van der Waals surface area (Å²) in [5.41, 5.74) is 6.80. The summed E-state index contributed by atoms with van der Waals surface area (Å²) in [7, 11) is 0.